The molecule has 1 aliphatic rings. The molecule has 2 aromatic rings. The third kappa shape index (κ3) is 3.49. The van der Waals surface area contributed by atoms with E-state index >= 15 is 0 Å². The predicted molar refractivity (Wildman–Crippen MR) is 96.2 cm³/mol. The fraction of sp³-hybridized carbons (Fsp3) is 0.278. The molecule has 3 rings (SSSR count). The lowest BCUT2D eigenvalue weighted by molar-refractivity contribution is 0.596. The number of aryl methyl sites for hydroxylation is 1. The maximum absolute atomic E-state index is 11.7. The van der Waals surface area contributed by atoms with E-state index in [2.05, 4.69) is 42.2 Å². The molecule has 0 unspecified atom stereocenters. The monoisotopic (exact) mass is 343 g/mol. The summed E-state index contributed by atoms with van der Waals surface area (Å²) in [5, 5.41) is 5.30. The summed E-state index contributed by atoms with van der Waals surface area (Å²) in [6.07, 6.45) is 5.59. The van der Waals surface area contributed by atoms with E-state index in [4.69, 9.17) is 5.14 Å². The first kappa shape index (κ1) is 16.7. The first-order valence-electron chi connectivity index (χ1n) is 8.00. The van der Waals surface area contributed by atoms with Crippen molar-refractivity contribution in [2.75, 3.05) is 18.0 Å². The molecule has 0 atom stereocenters. The molecule has 24 heavy (non-hydrogen) atoms. The fourth-order valence-electron chi connectivity index (χ4n) is 2.92. The Labute approximate surface area is 142 Å². The first-order chi connectivity index (χ1) is 11.5. The third-order valence-electron chi connectivity index (χ3n) is 4.30. The lowest BCUT2D eigenvalue weighted by Crippen LogP contribution is -2.31. The Balaban J connectivity index is 1.83. The van der Waals surface area contributed by atoms with Gasteiger partial charge in [-0.15, -0.1) is 0 Å². The van der Waals surface area contributed by atoms with Gasteiger partial charge in [0.15, 0.2) is 0 Å². The number of hydrogen-bond donors (Lipinski definition) is 1. The molecule has 0 radical (unpaired) electrons. The molecule has 1 aromatic carbocycles. The summed E-state index contributed by atoms with van der Waals surface area (Å²) in [5.41, 5.74) is 3.82. The first-order valence-corrected chi connectivity index (χ1v) is 9.55. The number of benzene rings is 1. The number of aromatic nitrogens is 1. The summed E-state index contributed by atoms with van der Waals surface area (Å²) in [4.78, 5) is 6.25. The molecule has 0 aliphatic carbocycles. The van der Waals surface area contributed by atoms with Gasteiger partial charge in [-0.25, -0.2) is 18.5 Å². The predicted octanol–water partition coefficient (Wildman–Crippen LogP) is 2.59. The van der Waals surface area contributed by atoms with Gasteiger partial charge in [-0.3, -0.25) is 0 Å². The van der Waals surface area contributed by atoms with Gasteiger partial charge in [0.05, 0.1) is 0 Å². The maximum atomic E-state index is 11.7. The maximum Gasteiger partial charge on any atom is 0.241 e. The van der Waals surface area contributed by atoms with Crippen molar-refractivity contribution in [3.05, 3.63) is 59.8 Å². The van der Waals surface area contributed by atoms with E-state index in [1.54, 1.807) is 12.3 Å². The van der Waals surface area contributed by atoms with Gasteiger partial charge < -0.3 is 4.90 Å². The van der Waals surface area contributed by atoms with Crippen molar-refractivity contribution >= 4 is 21.4 Å². The number of hydrogen-bond acceptors (Lipinski definition) is 4. The van der Waals surface area contributed by atoms with Crippen molar-refractivity contribution in [1.29, 1.82) is 0 Å². The van der Waals surface area contributed by atoms with Crippen LogP contribution in [0.3, 0.4) is 0 Å². The second-order valence-electron chi connectivity index (χ2n) is 5.85. The Morgan fingerprint density at radius 1 is 1.21 bits per heavy atom. The van der Waals surface area contributed by atoms with E-state index in [0.29, 0.717) is 18.9 Å². The van der Waals surface area contributed by atoms with E-state index < -0.39 is 10.0 Å². The Kier molecular flexibility index (Phi) is 4.69. The molecule has 0 saturated carbocycles. The summed E-state index contributed by atoms with van der Waals surface area (Å²) in [6, 6.07) is 11.7. The molecule has 0 saturated heterocycles. The molecule has 1 aromatic heterocycles. The summed E-state index contributed by atoms with van der Waals surface area (Å²) in [7, 11) is -3.78. The van der Waals surface area contributed by atoms with E-state index in [9.17, 15) is 8.42 Å². The lowest BCUT2D eigenvalue weighted by atomic mass is 9.98. The number of nitrogens with zero attached hydrogens (tertiary/aromatic N) is 2. The van der Waals surface area contributed by atoms with Gasteiger partial charge >= 0.3 is 0 Å². The number of nitrogens with two attached hydrogens (primary N) is 1. The minimum absolute atomic E-state index is 0.0779. The standard InChI is InChI=1S/C18H21N3O2S/c1-2-14-5-7-15(8-6-14)16-9-12-21(13-10-16)18-17(24(19,22)23)4-3-11-20-18/h3-9,11H,2,10,12-13H2,1H3,(H2,19,22,23). The van der Waals surface area contributed by atoms with Gasteiger partial charge in [0.1, 0.15) is 10.7 Å². The van der Waals surface area contributed by atoms with Crippen LogP contribution in [0.1, 0.15) is 24.5 Å². The summed E-state index contributed by atoms with van der Waals surface area (Å²) in [6.45, 7) is 3.47. The van der Waals surface area contributed by atoms with Gasteiger partial charge in [-0.1, -0.05) is 37.3 Å². The van der Waals surface area contributed by atoms with Crippen molar-refractivity contribution in [1.82, 2.24) is 4.98 Å². The quantitative estimate of drug-likeness (QED) is 0.926. The summed E-state index contributed by atoms with van der Waals surface area (Å²) in [5.74, 6) is 0.427. The molecule has 1 aliphatic heterocycles. The number of rotatable bonds is 4. The highest BCUT2D eigenvalue weighted by atomic mass is 32.2. The molecule has 5 nitrogen and oxygen atoms in total. The fourth-order valence-corrected chi connectivity index (χ4v) is 3.62. The van der Waals surface area contributed by atoms with Gasteiger partial charge in [0.25, 0.3) is 0 Å². The highest BCUT2D eigenvalue weighted by Gasteiger charge is 2.21. The van der Waals surface area contributed by atoms with Crippen LogP contribution in [-0.2, 0) is 16.4 Å². The molecule has 0 amide bonds. The van der Waals surface area contributed by atoms with Crippen molar-refractivity contribution in [3.8, 4) is 0 Å². The van der Waals surface area contributed by atoms with Crippen LogP contribution < -0.4 is 10.0 Å². The van der Waals surface area contributed by atoms with Gasteiger partial charge in [-0.05, 0) is 41.7 Å². The van der Waals surface area contributed by atoms with E-state index in [1.165, 1.54) is 22.8 Å². The number of pyridine rings is 1. The molecule has 6 heteroatoms. The molecule has 0 bridgehead atoms. The van der Waals surface area contributed by atoms with Crippen molar-refractivity contribution in [2.24, 2.45) is 5.14 Å². The topological polar surface area (TPSA) is 76.3 Å². The second kappa shape index (κ2) is 6.75. The van der Waals surface area contributed by atoms with E-state index in [1.807, 2.05) is 4.90 Å². The minimum Gasteiger partial charge on any atom is -0.351 e. The minimum atomic E-state index is -3.78. The van der Waals surface area contributed by atoms with Crippen molar-refractivity contribution < 1.29 is 8.42 Å². The van der Waals surface area contributed by atoms with Gasteiger partial charge in [0.2, 0.25) is 10.0 Å². The van der Waals surface area contributed by atoms with Crippen LogP contribution >= 0.6 is 0 Å². The zero-order valence-electron chi connectivity index (χ0n) is 13.6. The highest BCUT2D eigenvalue weighted by Crippen LogP contribution is 2.28. The molecule has 126 valence electrons. The molecule has 2 heterocycles. The van der Waals surface area contributed by atoms with Crippen LogP contribution in [0, 0.1) is 0 Å². The van der Waals surface area contributed by atoms with E-state index in [-0.39, 0.29) is 4.90 Å². The normalized spacial score (nSPS) is 15.2. The third-order valence-corrected chi connectivity index (χ3v) is 5.23. The summed E-state index contributed by atoms with van der Waals surface area (Å²) < 4.78 is 23.5. The van der Waals surface area contributed by atoms with E-state index in [0.717, 1.165) is 12.8 Å². The average molecular weight is 343 g/mol. The Morgan fingerprint density at radius 3 is 2.54 bits per heavy atom. The summed E-state index contributed by atoms with van der Waals surface area (Å²) >= 11 is 0. The van der Waals surface area contributed by atoms with Gasteiger partial charge in [-0.2, -0.15) is 0 Å². The zero-order valence-corrected chi connectivity index (χ0v) is 14.5. The lowest BCUT2D eigenvalue weighted by Gasteiger charge is -2.28. The zero-order chi connectivity index (χ0) is 17.2. The highest BCUT2D eigenvalue weighted by molar-refractivity contribution is 7.89. The van der Waals surface area contributed by atoms with Crippen molar-refractivity contribution in [3.63, 3.8) is 0 Å². The van der Waals surface area contributed by atoms with Crippen LogP contribution in [0.4, 0.5) is 5.82 Å². The molecule has 2 N–H and O–H groups in total. The molecule has 0 spiro atoms. The van der Waals surface area contributed by atoms with Gasteiger partial charge in [0, 0.05) is 19.3 Å². The Bertz CT molecular complexity index is 858. The Hall–Kier alpha value is -2.18. The van der Waals surface area contributed by atoms with Crippen LogP contribution in [-0.4, -0.2) is 26.5 Å². The molecule has 0 fully saturated rings. The van der Waals surface area contributed by atoms with Crippen LogP contribution in [0.25, 0.3) is 5.57 Å². The molecular weight excluding hydrogens is 322 g/mol. The number of anilines is 1. The largest absolute Gasteiger partial charge is 0.351 e. The SMILES string of the molecule is CCc1ccc(C2=CCN(c3ncccc3S(N)(=O)=O)CC2)cc1. The number of sulfonamides is 1. The second-order valence-corrected chi connectivity index (χ2v) is 7.38. The average Bonchev–Trinajstić information content (AvgIpc) is 2.61. The number of primary sulfonamides is 1. The van der Waals surface area contributed by atoms with Crippen molar-refractivity contribution in [2.45, 2.75) is 24.7 Å². The van der Waals surface area contributed by atoms with Crippen LogP contribution in [0.2, 0.25) is 0 Å². The smallest absolute Gasteiger partial charge is 0.241 e. The molecular formula is C18H21N3O2S. The van der Waals surface area contributed by atoms with Crippen LogP contribution in [0.5, 0.6) is 0 Å². The Morgan fingerprint density at radius 2 is 1.96 bits per heavy atom. The van der Waals surface area contributed by atoms with Crippen LogP contribution in [0.15, 0.2) is 53.6 Å².